The van der Waals surface area contributed by atoms with Crippen molar-refractivity contribution >= 4 is 11.5 Å². The van der Waals surface area contributed by atoms with Crippen LogP contribution in [0.3, 0.4) is 0 Å². The SMILES string of the molecule is O=C(COCCCC(F)(F)F)c1cccc([N+](=O)[O-])c1. The summed E-state index contributed by atoms with van der Waals surface area (Å²) in [6, 6.07) is 5.08. The molecule has 0 radical (unpaired) electrons. The maximum Gasteiger partial charge on any atom is 0.389 e. The summed E-state index contributed by atoms with van der Waals surface area (Å²) in [4.78, 5) is 21.5. The van der Waals surface area contributed by atoms with Crippen LogP contribution in [-0.2, 0) is 4.74 Å². The number of ketones is 1. The summed E-state index contributed by atoms with van der Waals surface area (Å²) in [6.45, 7) is -0.598. The molecule has 0 saturated carbocycles. The van der Waals surface area contributed by atoms with E-state index in [4.69, 9.17) is 4.74 Å². The molecule has 0 fully saturated rings. The van der Waals surface area contributed by atoms with E-state index in [0.29, 0.717) is 0 Å². The van der Waals surface area contributed by atoms with Gasteiger partial charge in [0.15, 0.2) is 5.78 Å². The summed E-state index contributed by atoms with van der Waals surface area (Å²) in [5.41, 5.74) is -0.136. The first-order valence-electron chi connectivity index (χ1n) is 5.72. The maximum atomic E-state index is 11.8. The number of hydrogen-bond acceptors (Lipinski definition) is 4. The van der Waals surface area contributed by atoms with Crippen LogP contribution in [0.1, 0.15) is 23.2 Å². The molecule has 0 aliphatic carbocycles. The normalized spacial score (nSPS) is 11.3. The van der Waals surface area contributed by atoms with E-state index in [0.717, 1.165) is 6.07 Å². The molecule has 0 bridgehead atoms. The first-order valence-corrected chi connectivity index (χ1v) is 5.72. The Morgan fingerprint density at radius 2 is 2.05 bits per heavy atom. The van der Waals surface area contributed by atoms with E-state index < -0.39 is 29.9 Å². The number of Topliss-reactive ketones (excluding diaryl/α,β-unsaturated/α-hetero) is 1. The van der Waals surface area contributed by atoms with Crippen molar-refractivity contribution in [3.05, 3.63) is 39.9 Å². The predicted octanol–water partition coefficient (Wildman–Crippen LogP) is 3.14. The van der Waals surface area contributed by atoms with Crippen molar-refractivity contribution in [1.29, 1.82) is 0 Å². The first-order chi connectivity index (χ1) is 9.29. The van der Waals surface area contributed by atoms with E-state index in [1.807, 2.05) is 0 Å². The van der Waals surface area contributed by atoms with Gasteiger partial charge in [0.1, 0.15) is 6.61 Å². The molecule has 0 spiro atoms. The molecule has 0 aliphatic heterocycles. The lowest BCUT2D eigenvalue weighted by Gasteiger charge is -2.06. The Morgan fingerprint density at radius 1 is 1.35 bits per heavy atom. The largest absolute Gasteiger partial charge is 0.389 e. The number of ether oxygens (including phenoxy) is 1. The third-order valence-electron chi connectivity index (χ3n) is 2.36. The van der Waals surface area contributed by atoms with Crippen molar-refractivity contribution in [2.24, 2.45) is 0 Å². The van der Waals surface area contributed by atoms with Gasteiger partial charge in [-0.1, -0.05) is 12.1 Å². The fraction of sp³-hybridized carbons (Fsp3) is 0.417. The molecule has 0 heterocycles. The number of nitro benzene ring substituents is 1. The molecule has 0 atom stereocenters. The molecule has 5 nitrogen and oxygen atoms in total. The first kappa shape index (κ1) is 16.1. The van der Waals surface area contributed by atoms with Gasteiger partial charge in [0.25, 0.3) is 5.69 Å². The van der Waals surface area contributed by atoms with E-state index in [9.17, 15) is 28.1 Å². The lowest BCUT2D eigenvalue weighted by molar-refractivity contribution is -0.384. The number of alkyl halides is 3. The van der Waals surface area contributed by atoms with Crippen molar-refractivity contribution in [3.8, 4) is 0 Å². The van der Waals surface area contributed by atoms with Crippen molar-refractivity contribution in [2.45, 2.75) is 19.0 Å². The monoisotopic (exact) mass is 291 g/mol. The highest BCUT2D eigenvalue weighted by Crippen LogP contribution is 2.21. The quantitative estimate of drug-likeness (QED) is 0.335. The Labute approximate surface area is 112 Å². The van der Waals surface area contributed by atoms with E-state index in [1.165, 1.54) is 18.2 Å². The average molecular weight is 291 g/mol. The molecule has 1 aromatic carbocycles. The van der Waals surface area contributed by atoms with Crippen LogP contribution in [0.5, 0.6) is 0 Å². The smallest absolute Gasteiger partial charge is 0.373 e. The van der Waals surface area contributed by atoms with Gasteiger partial charge in [0.05, 0.1) is 4.92 Å². The number of hydrogen-bond donors (Lipinski definition) is 0. The van der Waals surface area contributed by atoms with Crippen LogP contribution in [0.25, 0.3) is 0 Å². The highest BCUT2D eigenvalue weighted by Gasteiger charge is 2.26. The number of carbonyl (C=O) groups is 1. The van der Waals surface area contributed by atoms with Crippen molar-refractivity contribution in [2.75, 3.05) is 13.2 Å². The van der Waals surface area contributed by atoms with Crippen molar-refractivity contribution in [1.82, 2.24) is 0 Å². The van der Waals surface area contributed by atoms with Crippen LogP contribution in [0.4, 0.5) is 18.9 Å². The van der Waals surface area contributed by atoms with Gasteiger partial charge in [-0.15, -0.1) is 0 Å². The maximum absolute atomic E-state index is 11.8. The molecule has 0 aliphatic rings. The predicted molar refractivity (Wildman–Crippen MR) is 63.5 cm³/mol. The number of carbonyl (C=O) groups excluding carboxylic acids is 1. The minimum absolute atomic E-state index is 0.0926. The third kappa shape index (κ3) is 5.79. The number of halogens is 3. The minimum atomic E-state index is -4.24. The van der Waals surface area contributed by atoms with Gasteiger partial charge in [0, 0.05) is 30.7 Å². The number of nitro groups is 1. The van der Waals surface area contributed by atoms with Gasteiger partial charge in [-0.2, -0.15) is 13.2 Å². The molecule has 20 heavy (non-hydrogen) atoms. The Bertz CT molecular complexity index is 488. The van der Waals surface area contributed by atoms with Gasteiger partial charge >= 0.3 is 6.18 Å². The second kappa shape index (κ2) is 6.99. The zero-order valence-corrected chi connectivity index (χ0v) is 10.4. The standard InChI is InChI=1S/C12H12F3NO4/c13-12(14,15)5-2-6-20-8-11(17)9-3-1-4-10(7-9)16(18)19/h1,3-4,7H,2,5-6,8H2. The number of nitrogens with zero attached hydrogens (tertiary/aromatic N) is 1. The topological polar surface area (TPSA) is 69.4 Å². The summed E-state index contributed by atoms with van der Waals surface area (Å²) in [5.74, 6) is -0.513. The van der Waals surface area contributed by atoms with Crippen LogP contribution in [-0.4, -0.2) is 30.1 Å². The van der Waals surface area contributed by atoms with Crippen LogP contribution in [0.15, 0.2) is 24.3 Å². The summed E-state index contributed by atoms with van der Waals surface area (Å²) in [7, 11) is 0. The second-order valence-electron chi connectivity index (χ2n) is 4.00. The number of benzene rings is 1. The number of non-ortho nitro benzene ring substituents is 1. The Balaban J connectivity index is 2.40. The highest BCUT2D eigenvalue weighted by molar-refractivity contribution is 5.97. The zero-order valence-electron chi connectivity index (χ0n) is 10.4. The molecular formula is C12H12F3NO4. The van der Waals surface area contributed by atoms with E-state index in [1.54, 1.807) is 0 Å². The summed E-state index contributed by atoms with van der Waals surface area (Å²) in [5, 5.41) is 10.5. The van der Waals surface area contributed by atoms with E-state index >= 15 is 0 Å². The van der Waals surface area contributed by atoms with Crippen LogP contribution >= 0.6 is 0 Å². The summed E-state index contributed by atoms with van der Waals surface area (Å²) in [6.07, 6.45) is -5.45. The Hall–Kier alpha value is -1.96. The van der Waals surface area contributed by atoms with Gasteiger partial charge in [-0.3, -0.25) is 14.9 Å². The van der Waals surface area contributed by atoms with Gasteiger partial charge in [-0.25, -0.2) is 0 Å². The third-order valence-corrected chi connectivity index (χ3v) is 2.36. The molecule has 110 valence electrons. The molecule has 0 amide bonds. The number of rotatable bonds is 7. The molecule has 8 heteroatoms. The Kier molecular flexibility index (Phi) is 5.63. The van der Waals surface area contributed by atoms with Crippen LogP contribution < -0.4 is 0 Å². The molecule has 0 saturated heterocycles. The van der Waals surface area contributed by atoms with Gasteiger partial charge in [0.2, 0.25) is 0 Å². The van der Waals surface area contributed by atoms with Crippen molar-refractivity contribution < 1.29 is 27.6 Å². The zero-order chi connectivity index (χ0) is 15.2. The minimum Gasteiger partial charge on any atom is -0.373 e. The highest BCUT2D eigenvalue weighted by atomic mass is 19.4. The van der Waals surface area contributed by atoms with Crippen LogP contribution in [0.2, 0.25) is 0 Å². The van der Waals surface area contributed by atoms with E-state index in [2.05, 4.69) is 0 Å². The van der Waals surface area contributed by atoms with E-state index in [-0.39, 0.29) is 24.3 Å². The fourth-order valence-electron chi connectivity index (χ4n) is 1.42. The summed E-state index contributed by atoms with van der Waals surface area (Å²) >= 11 is 0. The lowest BCUT2D eigenvalue weighted by Crippen LogP contribution is -2.12. The molecule has 1 aromatic rings. The van der Waals surface area contributed by atoms with Crippen LogP contribution in [0, 0.1) is 10.1 Å². The Morgan fingerprint density at radius 3 is 2.65 bits per heavy atom. The second-order valence-corrected chi connectivity index (χ2v) is 4.00. The van der Waals surface area contributed by atoms with Gasteiger partial charge in [-0.05, 0) is 6.42 Å². The molecular weight excluding hydrogens is 279 g/mol. The lowest BCUT2D eigenvalue weighted by atomic mass is 10.1. The molecule has 0 aromatic heterocycles. The molecule has 0 N–H and O–H groups in total. The molecule has 0 unspecified atom stereocenters. The fourth-order valence-corrected chi connectivity index (χ4v) is 1.42. The van der Waals surface area contributed by atoms with Crippen molar-refractivity contribution in [3.63, 3.8) is 0 Å². The average Bonchev–Trinajstić information content (AvgIpc) is 2.37. The molecule has 1 rings (SSSR count). The summed E-state index contributed by atoms with van der Waals surface area (Å²) < 4.78 is 40.3. The van der Waals surface area contributed by atoms with Gasteiger partial charge < -0.3 is 4.74 Å².